The molecule has 2 aliphatic rings. The summed E-state index contributed by atoms with van der Waals surface area (Å²) in [6.45, 7) is 3.84. The normalized spacial score (nSPS) is 14.2. The number of fused-ring (bicyclic) bond motifs is 3. The van der Waals surface area contributed by atoms with Crippen LogP contribution in [0.4, 0.5) is 0 Å². The highest BCUT2D eigenvalue weighted by Gasteiger charge is 2.19. The minimum Gasteiger partial charge on any atom is -0.454 e. The molecule has 0 aliphatic carbocycles. The van der Waals surface area contributed by atoms with Crippen LogP contribution in [0.1, 0.15) is 18.2 Å². The minimum atomic E-state index is 0.231. The molecule has 0 saturated heterocycles. The topological polar surface area (TPSA) is 113 Å². The summed E-state index contributed by atoms with van der Waals surface area (Å²) in [6.07, 6.45) is 11.9. The van der Waals surface area contributed by atoms with Crippen molar-refractivity contribution in [3.05, 3.63) is 120 Å². The molecule has 9 heteroatoms. The van der Waals surface area contributed by atoms with Crippen LogP contribution < -0.4 is 20.1 Å². The van der Waals surface area contributed by atoms with Crippen molar-refractivity contribution in [1.29, 1.82) is 0 Å². The Morgan fingerprint density at radius 2 is 1.73 bits per heavy atom. The monoisotopic (exact) mass is 579 g/mol. The zero-order chi connectivity index (χ0) is 29.5. The van der Waals surface area contributed by atoms with E-state index in [0.29, 0.717) is 0 Å². The van der Waals surface area contributed by atoms with E-state index in [2.05, 4.69) is 75.0 Å². The van der Waals surface area contributed by atoms with Gasteiger partial charge in [-0.3, -0.25) is 4.98 Å². The van der Waals surface area contributed by atoms with Crippen LogP contribution in [0.15, 0.2) is 109 Å². The van der Waals surface area contributed by atoms with Crippen LogP contribution in [0.3, 0.4) is 0 Å². The Labute approximate surface area is 253 Å². The third-order valence-corrected chi connectivity index (χ3v) is 7.85. The largest absolute Gasteiger partial charge is 0.454 e. The van der Waals surface area contributed by atoms with E-state index in [-0.39, 0.29) is 6.79 Å². The number of aromatic nitrogens is 5. The van der Waals surface area contributed by atoms with Crippen LogP contribution in [-0.2, 0) is 6.54 Å². The molecule has 0 amide bonds. The van der Waals surface area contributed by atoms with Crippen molar-refractivity contribution in [3.63, 3.8) is 0 Å². The number of nitrogens with zero attached hydrogens (tertiary/aromatic N) is 3. The van der Waals surface area contributed by atoms with Crippen molar-refractivity contribution < 1.29 is 9.47 Å². The van der Waals surface area contributed by atoms with Gasteiger partial charge in [-0.15, -0.1) is 0 Å². The lowest BCUT2D eigenvalue weighted by Crippen LogP contribution is -2.16. The number of nitrogens with one attached hydrogen (secondary N) is 4. The summed E-state index contributed by atoms with van der Waals surface area (Å²) < 4.78 is 11.1. The number of rotatable bonds is 7. The smallest absolute Gasteiger partial charge is 0.231 e. The molecular formula is C35H29N7O2. The molecule has 8 rings (SSSR count). The molecule has 6 aromatic rings. The standard InChI is InChI=1S/C35H29N7O2/c1-21-11-23(15-36-14-22-5-3-2-4-6-22)12-25(16-38-21)28-8-9-29-34(40-28)27(18-39-29)35-41-30-19-37-17-26(33(30)42-35)24-7-10-31-32(13-24)44-20-43-31/h2-13,16-19,36,38-39H,14-15,20H2,1H3,(H,41,42). The molecule has 0 fully saturated rings. The number of pyridine rings is 2. The Bertz CT molecular complexity index is 2120. The Balaban J connectivity index is 1.11. The van der Waals surface area contributed by atoms with Crippen LogP contribution in [0, 0.1) is 0 Å². The van der Waals surface area contributed by atoms with Gasteiger partial charge >= 0.3 is 0 Å². The van der Waals surface area contributed by atoms with Gasteiger partial charge in [0, 0.05) is 48.5 Å². The third kappa shape index (κ3) is 4.89. The minimum absolute atomic E-state index is 0.231. The first-order valence-corrected chi connectivity index (χ1v) is 14.5. The van der Waals surface area contributed by atoms with E-state index in [1.807, 2.05) is 48.9 Å². The van der Waals surface area contributed by atoms with Gasteiger partial charge < -0.3 is 30.1 Å². The van der Waals surface area contributed by atoms with Crippen molar-refractivity contribution in [2.24, 2.45) is 0 Å². The second-order valence-electron chi connectivity index (χ2n) is 10.9. The van der Waals surface area contributed by atoms with Gasteiger partial charge in [0.25, 0.3) is 0 Å². The number of H-pyrrole nitrogens is 2. The van der Waals surface area contributed by atoms with Crippen LogP contribution in [0.5, 0.6) is 11.5 Å². The highest BCUT2D eigenvalue weighted by Crippen LogP contribution is 2.38. The molecule has 0 atom stereocenters. The molecule has 0 radical (unpaired) electrons. The van der Waals surface area contributed by atoms with Gasteiger partial charge in [0.1, 0.15) is 5.82 Å². The van der Waals surface area contributed by atoms with Crippen molar-refractivity contribution in [1.82, 2.24) is 35.6 Å². The zero-order valence-electron chi connectivity index (χ0n) is 24.0. The number of benzene rings is 2. The summed E-state index contributed by atoms with van der Waals surface area (Å²) >= 11 is 0. The second kappa shape index (κ2) is 10.9. The second-order valence-corrected chi connectivity index (χ2v) is 10.9. The molecule has 0 unspecified atom stereocenters. The number of hydrogen-bond donors (Lipinski definition) is 4. The number of allylic oxidation sites excluding steroid dienone is 3. The molecule has 0 bridgehead atoms. The maximum Gasteiger partial charge on any atom is 0.231 e. The highest BCUT2D eigenvalue weighted by molar-refractivity contribution is 5.97. The van der Waals surface area contributed by atoms with Crippen LogP contribution >= 0.6 is 0 Å². The Morgan fingerprint density at radius 1 is 0.841 bits per heavy atom. The van der Waals surface area contributed by atoms with E-state index >= 15 is 0 Å². The van der Waals surface area contributed by atoms with Gasteiger partial charge in [-0.2, -0.15) is 0 Å². The summed E-state index contributed by atoms with van der Waals surface area (Å²) in [5.74, 6) is 2.19. The summed E-state index contributed by atoms with van der Waals surface area (Å²) in [7, 11) is 0. The first-order valence-electron chi connectivity index (χ1n) is 14.5. The number of hydrogen-bond acceptors (Lipinski definition) is 7. The molecule has 44 heavy (non-hydrogen) atoms. The Kier molecular flexibility index (Phi) is 6.42. The summed E-state index contributed by atoms with van der Waals surface area (Å²) in [5.41, 5.74) is 11.6. The van der Waals surface area contributed by atoms with Gasteiger partial charge in [0.05, 0.1) is 39.5 Å². The van der Waals surface area contributed by atoms with E-state index in [0.717, 1.165) is 86.1 Å². The van der Waals surface area contributed by atoms with E-state index in [1.54, 1.807) is 6.20 Å². The van der Waals surface area contributed by atoms with Crippen LogP contribution in [-0.4, -0.2) is 38.3 Å². The van der Waals surface area contributed by atoms with Gasteiger partial charge in [0.2, 0.25) is 6.79 Å². The third-order valence-electron chi connectivity index (χ3n) is 7.85. The fourth-order valence-electron chi connectivity index (χ4n) is 5.67. The average molecular weight is 580 g/mol. The maximum atomic E-state index is 5.60. The molecule has 2 aliphatic heterocycles. The van der Waals surface area contributed by atoms with Crippen molar-refractivity contribution in [3.8, 4) is 34.0 Å². The van der Waals surface area contributed by atoms with Gasteiger partial charge in [-0.1, -0.05) is 36.4 Å². The zero-order valence-corrected chi connectivity index (χ0v) is 24.0. The Hall–Kier alpha value is -5.67. The first-order chi connectivity index (χ1) is 21.7. The molecule has 2 aromatic carbocycles. The van der Waals surface area contributed by atoms with Gasteiger partial charge in [-0.25, -0.2) is 9.97 Å². The van der Waals surface area contributed by atoms with E-state index < -0.39 is 0 Å². The van der Waals surface area contributed by atoms with E-state index in [4.69, 9.17) is 19.4 Å². The average Bonchev–Trinajstić information content (AvgIpc) is 3.78. The maximum absolute atomic E-state index is 5.60. The summed E-state index contributed by atoms with van der Waals surface area (Å²) in [6, 6.07) is 20.4. The van der Waals surface area contributed by atoms with Crippen molar-refractivity contribution in [2.75, 3.05) is 13.3 Å². The van der Waals surface area contributed by atoms with Crippen LogP contribution in [0.2, 0.25) is 0 Å². The van der Waals surface area contributed by atoms with E-state index in [1.165, 1.54) is 11.1 Å². The predicted octanol–water partition coefficient (Wildman–Crippen LogP) is 6.46. The SMILES string of the molecule is CC1=CC(CNCc2ccccc2)=CC(c2ccc3[nH]cc(-c4nc5c(-c6ccc7c(c6)OCO7)cncc5[nH]4)c3n2)=CN1. The molecule has 0 saturated carbocycles. The van der Waals surface area contributed by atoms with Gasteiger partial charge in [-0.05, 0) is 60.0 Å². The van der Waals surface area contributed by atoms with Gasteiger partial charge in [0.15, 0.2) is 11.5 Å². The predicted molar refractivity (Wildman–Crippen MR) is 172 cm³/mol. The Morgan fingerprint density at radius 3 is 2.66 bits per heavy atom. The lowest BCUT2D eigenvalue weighted by Gasteiger charge is -2.07. The quantitative estimate of drug-likeness (QED) is 0.172. The fraction of sp³-hybridized carbons (Fsp3) is 0.114. The highest BCUT2D eigenvalue weighted by atomic mass is 16.7. The lowest BCUT2D eigenvalue weighted by molar-refractivity contribution is 0.174. The fourth-order valence-corrected chi connectivity index (χ4v) is 5.67. The van der Waals surface area contributed by atoms with Crippen LogP contribution in [0.25, 0.3) is 50.2 Å². The van der Waals surface area contributed by atoms with Crippen molar-refractivity contribution >= 4 is 27.6 Å². The lowest BCUT2D eigenvalue weighted by atomic mass is 10.1. The molecule has 4 aromatic heterocycles. The number of imidazole rings is 1. The molecule has 0 spiro atoms. The molecule has 216 valence electrons. The molecule has 9 nitrogen and oxygen atoms in total. The molecular weight excluding hydrogens is 550 g/mol. The summed E-state index contributed by atoms with van der Waals surface area (Å²) in [5, 5.41) is 6.97. The van der Waals surface area contributed by atoms with Crippen molar-refractivity contribution in [2.45, 2.75) is 13.5 Å². The van der Waals surface area contributed by atoms with E-state index in [9.17, 15) is 0 Å². The summed E-state index contributed by atoms with van der Waals surface area (Å²) in [4.78, 5) is 21.5. The molecule has 4 N–H and O–H groups in total. The number of aromatic amines is 2. The first kappa shape index (κ1) is 26.0. The molecule has 6 heterocycles. The number of ether oxygens (including phenoxy) is 2.